The molecule has 1 amide bonds. The predicted molar refractivity (Wildman–Crippen MR) is 91.0 cm³/mol. The maximum Gasteiger partial charge on any atom is 0.274 e. The van der Waals surface area contributed by atoms with E-state index in [9.17, 15) is 4.79 Å². The fourth-order valence-corrected chi connectivity index (χ4v) is 2.63. The monoisotopic (exact) mass is 348 g/mol. The van der Waals surface area contributed by atoms with Crippen LogP contribution in [0.2, 0.25) is 5.02 Å². The van der Waals surface area contributed by atoms with Crippen LogP contribution in [-0.2, 0) is 4.74 Å². The Balaban J connectivity index is 1.74. The lowest BCUT2D eigenvalue weighted by Gasteiger charge is -2.27. The highest BCUT2D eigenvalue weighted by atomic mass is 35.5. The van der Waals surface area contributed by atoms with Crippen molar-refractivity contribution in [3.05, 3.63) is 41.3 Å². The topological polar surface area (TPSA) is 76.6 Å². The summed E-state index contributed by atoms with van der Waals surface area (Å²) in [5.41, 5.74) is 0.857. The maximum atomic E-state index is 12.4. The highest BCUT2D eigenvalue weighted by Gasteiger charge is 2.16. The number of anilines is 2. The molecule has 0 radical (unpaired) electrons. The van der Waals surface area contributed by atoms with Crippen molar-refractivity contribution in [3.63, 3.8) is 0 Å². The van der Waals surface area contributed by atoms with E-state index < -0.39 is 0 Å². The number of ether oxygens (including phenoxy) is 2. The minimum atomic E-state index is -0.326. The molecule has 1 saturated heterocycles. The third kappa shape index (κ3) is 3.74. The molecule has 1 fully saturated rings. The van der Waals surface area contributed by atoms with E-state index in [4.69, 9.17) is 21.1 Å². The standard InChI is InChI=1S/C16H17ClN4O3/c1-23-14-3-2-11(8-12(14)17)20-16(22)13-9-15(19-10-18-13)21-4-6-24-7-5-21/h2-3,8-10H,4-7H2,1H3,(H,20,22). The summed E-state index contributed by atoms with van der Waals surface area (Å²) < 4.78 is 10.4. The van der Waals surface area contributed by atoms with Gasteiger partial charge in [0.15, 0.2) is 0 Å². The molecule has 3 rings (SSSR count). The van der Waals surface area contributed by atoms with E-state index in [1.165, 1.54) is 13.4 Å². The fourth-order valence-electron chi connectivity index (χ4n) is 2.38. The highest BCUT2D eigenvalue weighted by Crippen LogP contribution is 2.27. The molecule has 7 nitrogen and oxygen atoms in total. The van der Waals surface area contributed by atoms with E-state index in [0.717, 1.165) is 13.1 Å². The molecule has 0 unspecified atom stereocenters. The summed E-state index contributed by atoms with van der Waals surface area (Å²) in [6, 6.07) is 6.71. The molecular weight excluding hydrogens is 332 g/mol. The lowest BCUT2D eigenvalue weighted by Crippen LogP contribution is -2.37. The first-order chi connectivity index (χ1) is 11.7. The lowest BCUT2D eigenvalue weighted by atomic mass is 10.2. The molecule has 24 heavy (non-hydrogen) atoms. The molecule has 1 aromatic carbocycles. The van der Waals surface area contributed by atoms with E-state index in [2.05, 4.69) is 20.2 Å². The number of aromatic nitrogens is 2. The molecule has 0 atom stereocenters. The Morgan fingerprint density at radius 2 is 2.08 bits per heavy atom. The Kier molecular flexibility index (Phi) is 5.12. The Morgan fingerprint density at radius 1 is 1.29 bits per heavy atom. The minimum Gasteiger partial charge on any atom is -0.495 e. The van der Waals surface area contributed by atoms with Gasteiger partial charge in [-0.15, -0.1) is 0 Å². The van der Waals surface area contributed by atoms with Gasteiger partial charge in [0.1, 0.15) is 23.6 Å². The van der Waals surface area contributed by atoms with Gasteiger partial charge in [-0.2, -0.15) is 0 Å². The molecule has 1 aliphatic rings. The average molecular weight is 349 g/mol. The van der Waals surface area contributed by atoms with Gasteiger partial charge in [-0.1, -0.05) is 11.6 Å². The van der Waals surface area contributed by atoms with Crippen molar-refractivity contribution in [1.29, 1.82) is 0 Å². The molecule has 0 bridgehead atoms. The van der Waals surface area contributed by atoms with Gasteiger partial charge in [-0.25, -0.2) is 9.97 Å². The largest absolute Gasteiger partial charge is 0.495 e. The van der Waals surface area contributed by atoms with E-state index in [1.54, 1.807) is 24.3 Å². The van der Waals surface area contributed by atoms with Crippen molar-refractivity contribution in [2.24, 2.45) is 0 Å². The molecule has 126 valence electrons. The number of halogens is 1. The van der Waals surface area contributed by atoms with Crippen LogP contribution in [0.1, 0.15) is 10.5 Å². The number of carbonyl (C=O) groups is 1. The second-order valence-corrected chi connectivity index (χ2v) is 5.57. The van der Waals surface area contributed by atoms with Crippen molar-refractivity contribution >= 4 is 29.0 Å². The van der Waals surface area contributed by atoms with Gasteiger partial charge >= 0.3 is 0 Å². The van der Waals surface area contributed by atoms with E-state index in [-0.39, 0.29) is 5.91 Å². The van der Waals surface area contributed by atoms with Crippen molar-refractivity contribution < 1.29 is 14.3 Å². The van der Waals surface area contributed by atoms with Gasteiger partial charge < -0.3 is 19.7 Å². The summed E-state index contributed by atoms with van der Waals surface area (Å²) in [4.78, 5) is 22.7. The highest BCUT2D eigenvalue weighted by molar-refractivity contribution is 6.32. The van der Waals surface area contributed by atoms with Crippen LogP contribution in [0.4, 0.5) is 11.5 Å². The van der Waals surface area contributed by atoms with Gasteiger partial charge in [0.2, 0.25) is 0 Å². The Morgan fingerprint density at radius 3 is 2.79 bits per heavy atom. The van der Waals surface area contributed by atoms with Crippen LogP contribution < -0.4 is 15.0 Å². The van der Waals surface area contributed by atoms with Crippen LogP contribution in [0.3, 0.4) is 0 Å². The average Bonchev–Trinajstić information content (AvgIpc) is 2.63. The number of nitrogens with zero attached hydrogens (tertiary/aromatic N) is 3. The molecule has 0 saturated carbocycles. The molecule has 1 aliphatic heterocycles. The number of methoxy groups -OCH3 is 1. The number of nitrogens with one attached hydrogen (secondary N) is 1. The van der Waals surface area contributed by atoms with Crippen molar-refractivity contribution in [1.82, 2.24) is 9.97 Å². The molecule has 0 spiro atoms. The van der Waals surface area contributed by atoms with Crippen molar-refractivity contribution in [3.8, 4) is 5.75 Å². The van der Waals surface area contributed by atoms with Crippen molar-refractivity contribution in [2.75, 3.05) is 43.6 Å². The predicted octanol–water partition coefficient (Wildman–Crippen LogP) is 2.23. The first kappa shape index (κ1) is 16.5. The molecule has 1 aromatic heterocycles. The number of rotatable bonds is 4. The number of benzene rings is 1. The second kappa shape index (κ2) is 7.46. The SMILES string of the molecule is COc1ccc(NC(=O)c2cc(N3CCOCC3)ncn2)cc1Cl. The minimum absolute atomic E-state index is 0.290. The van der Waals surface area contributed by atoms with Crippen LogP contribution in [-0.4, -0.2) is 49.3 Å². The second-order valence-electron chi connectivity index (χ2n) is 5.16. The van der Waals surface area contributed by atoms with E-state index in [0.29, 0.717) is 41.2 Å². The zero-order valence-electron chi connectivity index (χ0n) is 13.2. The zero-order valence-corrected chi connectivity index (χ0v) is 13.9. The van der Waals surface area contributed by atoms with Crippen LogP contribution in [0.15, 0.2) is 30.6 Å². The Hall–Kier alpha value is -2.38. The third-order valence-corrected chi connectivity index (χ3v) is 3.93. The van der Waals surface area contributed by atoms with Gasteiger partial charge in [-0.3, -0.25) is 4.79 Å². The fraction of sp³-hybridized carbons (Fsp3) is 0.312. The van der Waals surface area contributed by atoms with Crippen LogP contribution >= 0.6 is 11.6 Å². The first-order valence-corrected chi connectivity index (χ1v) is 7.85. The summed E-state index contributed by atoms with van der Waals surface area (Å²) in [5, 5.41) is 3.19. The molecular formula is C16H17ClN4O3. The van der Waals surface area contributed by atoms with Crippen molar-refractivity contribution in [2.45, 2.75) is 0 Å². The summed E-state index contributed by atoms with van der Waals surface area (Å²) in [6.45, 7) is 2.78. The quantitative estimate of drug-likeness (QED) is 0.913. The molecule has 2 aromatic rings. The summed E-state index contributed by atoms with van der Waals surface area (Å²) in [6.07, 6.45) is 1.39. The summed E-state index contributed by atoms with van der Waals surface area (Å²) in [7, 11) is 1.54. The molecule has 0 aliphatic carbocycles. The van der Waals surface area contributed by atoms with E-state index in [1.807, 2.05) is 0 Å². The smallest absolute Gasteiger partial charge is 0.274 e. The number of hydrogen-bond donors (Lipinski definition) is 1. The van der Waals surface area contributed by atoms with Crippen LogP contribution in [0.5, 0.6) is 5.75 Å². The lowest BCUT2D eigenvalue weighted by molar-refractivity contribution is 0.102. The van der Waals surface area contributed by atoms with Gasteiger partial charge in [0.25, 0.3) is 5.91 Å². The normalized spacial score (nSPS) is 14.3. The number of hydrogen-bond acceptors (Lipinski definition) is 6. The molecule has 1 N–H and O–H groups in total. The number of morpholine rings is 1. The van der Waals surface area contributed by atoms with Gasteiger partial charge in [0, 0.05) is 24.8 Å². The molecule has 8 heteroatoms. The van der Waals surface area contributed by atoms with Gasteiger partial charge in [0.05, 0.1) is 25.3 Å². The Bertz CT molecular complexity index is 735. The van der Waals surface area contributed by atoms with Gasteiger partial charge in [-0.05, 0) is 18.2 Å². The zero-order chi connectivity index (χ0) is 16.9. The first-order valence-electron chi connectivity index (χ1n) is 7.47. The third-order valence-electron chi connectivity index (χ3n) is 3.63. The maximum absolute atomic E-state index is 12.4. The van der Waals surface area contributed by atoms with Crippen LogP contribution in [0, 0.1) is 0 Å². The van der Waals surface area contributed by atoms with Crippen LogP contribution in [0.25, 0.3) is 0 Å². The number of amides is 1. The summed E-state index contributed by atoms with van der Waals surface area (Å²) >= 11 is 6.07. The summed E-state index contributed by atoms with van der Waals surface area (Å²) in [5.74, 6) is 0.936. The number of carbonyl (C=O) groups excluding carboxylic acids is 1. The van der Waals surface area contributed by atoms with E-state index >= 15 is 0 Å². The Labute approximate surface area is 144 Å². The molecule has 2 heterocycles.